The highest BCUT2D eigenvalue weighted by atomic mass is 32.1. The molecule has 0 radical (unpaired) electrons. The molecule has 2 atom stereocenters. The van der Waals surface area contributed by atoms with Gasteiger partial charge >= 0.3 is 0 Å². The molecule has 0 saturated carbocycles. The van der Waals surface area contributed by atoms with Crippen LogP contribution >= 0.6 is 12.6 Å². The van der Waals surface area contributed by atoms with Gasteiger partial charge in [0.2, 0.25) is 11.8 Å². The van der Waals surface area contributed by atoms with E-state index in [2.05, 4.69) is 23.3 Å². The maximum atomic E-state index is 11.3. The molecule has 13 heavy (non-hydrogen) atoms. The minimum absolute atomic E-state index is 0.00230. The topological polar surface area (TPSA) is 58.2 Å². The third-order valence-corrected chi connectivity index (χ3v) is 2.61. The first-order valence-electron chi connectivity index (χ1n) is 4.38. The Morgan fingerprint density at radius 2 is 2.54 bits per heavy atom. The van der Waals surface area contributed by atoms with Gasteiger partial charge in [-0.2, -0.15) is 12.6 Å². The van der Waals surface area contributed by atoms with Crippen LogP contribution in [0.1, 0.15) is 19.8 Å². The van der Waals surface area contributed by atoms with Gasteiger partial charge in [-0.3, -0.25) is 9.59 Å². The minimum Gasteiger partial charge on any atom is -0.354 e. The Hall–Kier alpha value is -0.710. The highest BCUT2D eigenvalue weighted by molar-refractivity contribution is 7.81. The summed E-state index contributed by atoms with van der Waals surface area (Å²) >= 11 is 4.10. The number of hydrogen-bond acceptors (Lipinski definition) is 3. The lowest BCUT2D eigenvalue weighted by atomic mass is 10.2. The molecular weight excluding hydrogens is 188 g/mol. The average Bonchev–Trinajstić information content (AvgIpc) is 2.49. The monoisotopic (exact) mass is 202 g/mol. The van der Waals surface area contributed by atoms with E-state index in [4.69, 9.17) is 0 Å². The summed E-state index contributed by atoms with van der Waals surface area (Å²) in [5.74, 6) is -0.0927. The van der Waals surface area contributed by atoms with Crippen molar-refractivity contribution in [3.8, 4) is 0 Å². The van der Waals surface area contributed by atoms with Gasteiger partial charge in [-0.25, -0.2) is 0 Å². The molecule has 1 rings (SSSR count). The van der Waals surface area contributed by atoms with Crippen molar-refractivity contribution >= 4 is 24.4 Å². The average molecular weight is 202 g/mol. The summed E-state index contributed by atoms with van der Waals surface area (Å²) < 4.78 is 0. The summed E-state index contributed by atoms with van der Waals surface area (Å²) in [4.78, 5) is 22.1. The molecule has 0 bridgehead atoms. The van der Waals surface area contributed by atoms with E-state index in [0.29, 0.717) is 19.4 Å². The van der Waals surface area contributed by atoms with Crippen molar-refractivity contribution in [3.63, 3.8) is 0 Å². The van der Waals surface area contributed by atoms with E-state index in [1.807, 2.05) is 6.92 Å². The van der Waals surface area contributed by atoms with Crippen LogP contribution in [-0.4, -0.2) is 29.7 Å². The summed E-state index contributed by atoms with van der Waals surface area (Å²) in [7, 11) is 0. The normalized spacial score (nSPS) is 23.8. The standard InChI is InChI=1S/C8H14N2O2S/c1-2-6(13)8(12)10-5-3-7(11)9-4-5/h5-6,13H,2-4H2,1H3,(H,9,11)(H,10,12). The molecule has 1 heterocycles. The van der Waals surface area contributed by atoms with Gasteiger partial charge in [0.1, 0.15) is 0 Å². The second kappa shape index (κ2) is 4.50. The lowest BCUT2D eigenvalue weighted by Crippen LogP contribution is -2.40. The molecule has 2 N–H and O–H groups in total. The Morgan fingerprint density at radius 1 is 1.85 bits per heavy atom. The zero-order valence-electron chi connectivity index (χ0n) is 7.54. The van der Waals surface area contributed by atoms with Crippen LogP contribution in [-0.2, 0) is 9.59 Å². The molecule has 0 aromatic carbocycles. The minimum atomic E-state index is -0.268. The first-order chi connectivity index (χ1) is 6.13. The van der Waals surface area contributed by atoms with E-state index in [9.17, 15) is 9.59 Å². The van der Waals surface area contributed by atoms with Crippen molar-refractivity contribution in [2.75, 3.05) is 6.54 Å². The fourth-order valence-electron chi connectivity index (χ4n) is 1.19. The van der Waals surface area contributed by atoms with Crippen molar-refractivity contribution in [3.05, 3.63) is 0 Å². The molecule has 1 aliphatic rings. The maximum absolute atomic E-state index is 11.3. The predicted octanol–water partition coefficient (Wildman–Crippen LogP) is -0.301. The quantitative estimate of drug-likeness (QED) is 0.550. The SMILES string of the molecule is CCC(S)C(=O)NC1CNC(=O)C1. The van der Waals surface area contributed by atoms with Crippen LogP contribution in [0.2, 0.25) is 0 Å². The Labute approximate surface area is 82.9 Å². The van der Waals surface area contributed by atoms with Crippen molar-refractivity contribution < 1.29 is 9.59 Å². The summed E-state index contributed by atoms with van der Waals surface area (Å²) in [5.41, 5.74) is 0. The number of nitrogens with one attached hydrogen (secondary N) is 2. The zero-order chi connectivity index (χ0) is 9.84. The molecule has 4 nitrogen and oxygen atoms in total. The molecule has 1 fully saturated rings. The third kappa shape index (κ3) is 2.91. The van der Waals surface area contributed by atoms with Gasteiger partial charge in [0.25, 0.3) is 0 Å². The van der Waals surface area contributed by atoms with Gasteiger partial charge in [0.15, 0.2) is 0 Å². The molecule has 74 valence electrons. The van der Waals surface area contributed by atoms with E-state index in [0.717, 1.165) is 0 Å². The Balaban J connectivity index is 2.32. The molecule has 1 saturated heterocycles. The summed E-state index contributed by atoms with van der Waals surface area (Å²) in [6.07, 6.45) is 1.08. The highest BCUT2D eigenvalue weighted by Gasteiger charge is 2.24. The maximum Gasteiger partial charge on any atom is 0.233 e. The zero-order valence-corrected chi connectivity index (χ0v) is 8.43. The summed E-state index contributed by atoms with van der Waals surface area (Å²) in [5, 5.41) is 5.15. The number of carbonyl (C=O) groups is 2. The molecule has 0 aromatic rings. The molecule has 2 amide bonds. The second-order valence-electron chi connectivity index (χ2n) is 3.14. The molecule has 0 spiro atoms. The lowest BCUT2D eigenvalue weighted by Gasteiger charge is -2.13. The number of thiol groups is 1. The van der Waals surface area contributed by atoms with Gasteiger partial charge in [0, 0.05) is 13.0 Å². The number of carbonyl (C=O) groups excluding carboxylic acids is 2. The first-order valence-corrected chi connectivity index (χ1v) is 4.90. The molecule has 0 aromatic heterocycles. The van der Waals surface area contributed by atoms with Crippen LogP contribution in [0.3, 0.4) is 0 Å². The van der Waals surface area contributed by atoms with Crippen molar-refractivity contribution in [1.29, 1.82) is 0 Å². The molecule has 1 aliphatic heterocycles. The number of amides is 2. The van der Waals surface area contributed by atoms with Crippen LogP contribution < -0.4 is 10.6 Å². The first kappa shape index (κ1) is 10.4. The van der Waals surface area contributed by atoms with Gasteiger partial charge < -0.3 is 10.6 Å². The Bertz CT molecular complexity index is 220. The van der Waals surface area contributed by atoms with E-state index in [1.54, 1.807) is 0 Å². The van der Waals surface area contributed by atoms with Crippen LogP contribution in [0.25, 0.3) is 0 Å². The fraction of sp³-hybridized carbons (Fsp3) is 0.750. The van der Waals surface area contributed by atoms with E-state index < -0.39 is 0 Å². The van der Waals surface area contributed by atoms with E-state index >= 15 is 0 Å². The number of rotatable bonds is 3. The van der Waals surface area contributed by atoms with Crippen LogP contribution in [0.15, 0.2) is 0 Å². The van der Waals surface area contributed by atoms with Crippen molar-refractivity contribution in [1.82, 2.24) is 10.6 Å². The van der Waals surface area contributed by atoms with Crippen LogP contribution in [0.4, 0.5) is 0 Å². The molecule has 0 aliphatic carbocycles. The summed E-state index contributed by atoms with van der Waals surface area (Å²) in [6.45, 7) is 2.43. The van der Waals surface area contributed by atoms with Gasteiger partial charge in [0.05, 0.1) is 11.3 Å². The van der Waals surface area contributed by atoms with Gasteiger partial charge in [-0.1, -0.05) is 6.92 Å². The molecule has 5 heteroatoms. The second-order valence-corrected chi connectivity index (χ2v) is 3.76. The smallest absolute Gasteiger partial charge is 0.233 e. The Morgan fingerprint density at radius 3 is 3.00 bits per heavy atom. The van der Waals surface area contributed by atoms with E-state index in [1.165, 1.54) is 0 Å². The third-order valence-electron chi connectivity index (χ3n) is 2.01. The van der Waals surface area contributed by atoms with Gasteiger partial charge in [-0.05, 0) is 6.42 Å². The molecule has 2 unspecified atom stereocenters. The van der Waals surface area contributed by atoms with Crippen LogP contribution in [0, 0.1) is 0 Å². The Kier molecular flexibility index (Phi) is 3.59. The van der Waals surface area contributed by atoms with Crippen molar-refractivity contribution in [2.45, 2.75) is 31.1 Å². The largest absolute Gasteiger partial charge is 0.354 e. The number of hydrogen-bond donors (Lipinski definition) is 3. The predicted molar refractivity (Wildman–Crippen MR) is 52.6 cm³/mol. The van der Waals surface area contributed by atoms with Crippen molar-refractivity contribution in [2.24, 2.45) is 0 Å². The lowest BCUT2D eigenvalue weighted by molar-refractivity contribution is -0.121. The van der Waals surface area contributed by atoms with E-state index in [-0.39, 0.29) is 23.1 Å². The van der Waals surface area contributed by atoms with Gasteiger partial charge in [-0.15, -0.1) is 0 Å². The summed E-state index contributed by atoms with van der Waals surface area (Å²) in [6, 6.07) is -0.0544. The fourth-order valence-corrected chi connectivity index (χ4v) is 1.26. The molecular formula is C8H14N2O2S. The van der Waals surface area contributed by atoms with Crippen LogP contribution in [0.5, 0.6) is 0 Å². The highest BCUT2D eigenvalue weighted by Crippen LogP contribution is 2.04.